The first kappa shape index (κ1) is 19.3. The van der Waals surface area contributed by atoms with E-state index < -0.39 is 0 Å². The number of cyclic esters (lactones) is 1. The topological polar surface area (TPSA) is 75.9 Å². The maximum atomic E-state index is 12.4. The predicted octanol–water partition coefficient (Wildman–Crippen LogP) is 3.68. The van der Waals surface area contributed by atoms with Crippen molar-refractivity contribution in [1.82, 2.24) is 10.3 Å². The minimum Gasteiger partial charge on any atom is -0.442 e. The number of nitrogens with zero attached hydrogens (tertiary/aromatic N) is 3. The van der Waals surface area contributed by atoms with Crippen molar-refractivity contribution in [3.05, 3.63) is 59.2 Å². The van der Waals surface area contributed by atoms with Gasteiger partial charge >= 0.3 is 6.09 Å². The summed E-state index contributed by atoms with van der Waals surface area (Å²) in [6.07, 6.45) is 5.37. The molecule has 7 heteroatoms. The highest BCUT2D eigenvalue weighted by atomic mass is 16.6. The van der Waals surface area contributed by atoms with Crippen molar-refractivity contribution < 1.29 is 14.3 Å². The number of fused-ring (bicyclic) bond motifs is 4. The molecule has 2 amide bonds. The van der Waals surface area contributed by atoms with Gasteiger partial charge in [0.15, 0.2) is 0 Å². The van der Waals surface area contributed by atoms with Crippen LogP contribution in [0.2, 0.25) is 0 Å². The Labute approximate surface area is 186 Å². The molecular weight excluding hydrogens is 404 g/mol. The molecule has 32 heavy (non-hydrogen) atoms. The summed E-state index contributed by atoms with van der Waals surface area (Å²) in [4.78, 5) is 34.2. The number of ether oxygens (including phenoxy) is 1. The summed E-state index contributed by atoms with van der Waals surface area (Å²) >= 11 is 0. The number of hydrogen-bond acceptors (Lipinski definition) is 4. The van der Waals surface area contributed by atoms with Crippen molar-refractivity contribution >= 4 is 17.7 Å². The number of nitrogens with one attached hydrogen (secondary N) is 1. The summed E-state index contributed by atoms with van der Waals surface area (Å²) in [5.41, 5.74) is 4.54. The standard InChI is InChI=1S/C25H24N4O3/c1-14(30)27-13-22-21-11-17-10-15(6-8-20(17)29(21)24(31)32-22)16-7-9-23(28-12-16)25(26-2)18-4-3-5-19(18)25/h6-10,12,18-19,21-22H,3-5,11,13H2,1H3,(H,27,30)/t18-,19+,21-,22-,25?/m0/s1. The Bertz CT molecular complexity index is 1160. The van der Waals surface area contributed by atoms with Gasteiger partial charge in [0.25, 0.3) is 5.54 Å². The Balaban J connectivity index is 1.24. The second-order valence-electron chi connectivity index (χ2n) is 9.36. The van der Waals surface area contributed by atoms with Crippen molar-refractivity contribution in [1.29, 1.82) is 0 Å². The Morgan fingerprint density at radius 2 is 2.06 bits per heavy atom. The van der Waals surface area contributed by atoms with Gasteiger partial charge in [-0.3, -0.25) is 14.7 Å². The first-order valence-electron chi connectivity index (χ1n) is 11.3. The Morgan fingerprint density at radius 1 is 1.28 bits per heavy atom. The molecule has 2 aromatic rings. The van der Waals surface area contributed by atoms with Crippen LogP contribution in [0.3, 0.4) is 0 Å². The van der Waals surface area contributed by atoms with Crippen LogP contribution >= 0.6 is 0 Å². The number of aromatic nitrogens is 1. The molecule has 2 saturated carbocycles. The lowest BCUT2D eigenvalue weighted by molar-refractivity contribution is -0.119. The summed E-state index contributed by atoms with van der Waals surface area (Å²) in [5.74, 6) is 0.831. The molecule has 0 spiro atoms. The molecule has 1 aromatic carbocycles. The van der Waals surface area contributed by atoms with Gasteiger partial charge in [0, 0.05) is 18.7 Å². The fourth-order valence-electron chi connectivity index (χ4n) is 6.20. The third-order valence-electron chi connectivity index (χ3n) is 7.76. The molecule has 162 valence electrons. The number of pyridine rings is 1. The zero-order valence-corrected chi connectivity index (χ0v) is 17.9. The molecule has 1 aromatic heterocycles. The summed E-state index contributed by atoms with van der Waals surface area (Å²) in [6, 6.07) is 10.1. The summed E-state index contributed by atoms with van der Waals surface area (Å²) in [6.45, 7) is 9.55. The molecule has 1 unspecified atom stereocenters. The molecule has 7 nitrogen and oxygen atoms in total. The van der Waals surface area contributed by atoms with Crippen LogP contribution in [-0.4, -0.2) is 35.7 Å². The highest BCUT2D eigenvalue weighted by molar-refractivity contribution is 5.94. The van der Waals surface area contributed by atoms with E-state index in [0.29, 0.717) is 24.8 Å². The third kappa shape index (κ3) is 2.62. The van der Waals surface area contributed by atoms with Crippen molar-refractivity contribution in [2.45, 2.75) is 50.3 Å². The molecule has 1 saturated heterocycles. The minimum atomic E-state index is -0.386. The zero-order chi connectivity index (χ0) is 22.0. The second-order valence-corrected chi connectivity index (χ2v) is 9.36. The highest BCUT2D eigenvalue weighted by Gasteiger charge is 2.75. The Hall–Kier alpha value is -3.40. The van der Waals surface area contributed by atoms with E-state index in [1.165, 1.54) is 13.3 Å². The second kappa shape index (κ2) is 6.80. The fraction of sp³-hybridized carbons (Fsp3) is 0.440. The molecule has 5 atom stereocenters. The van der Waals surface area contributed by atoms with Gasteiger partial charge in [-0.25, -0.2) is 11.4 Å². The molecule has 2 aliphatic carbocycles. The molecule has 3 heterocycles. The van der Waals surface area contributed by atoms with Gasteiger partial charge in [0.05, 0.1) is 30.1 Å². The predicted molar refractivity (Wildman–Crippen MR) is 118 cm³/mol. The van der Waals surface area contributed by atoms with Crippen LogP contribution in [-0.2, 0) is 21.5 Å². The number of carbonyl (C=O) groups excluding carboxylic acids is 2. The maximum Gasteiger partial charge on any atom is 0.415 e. The SMILES string of the molecule is [C-]#[N+]C1(c2ccc(-c3ccc4c(c3)C[C@H]3[C@H](CNC(C)=O)OC(=O)N43)cn2)[C@@H]2CCC[C@@H]21. The van der Waals surface area contributed by atoms with Crippen molar-refractivity contribution in [2.75, 3.05) is 11.4 Å². The molecule has 4 aliphatic rings. The summed E-state index contributed by atoms with van der Waals surface area (Å²) in [7, 11) is 0. The van der Waals surface area contributed by atoms with E-state index in [4.69, 9.17) is 16.3 Å². The number of carbonyl (C=O) groups is 2. The van der Waals surface area contributed by atoms with Gasteiger partial charge in [0.1, 0.15) is 11.8 Å². The molecule has 0 bridgehead atoms. The van der Waals surface area contributed by atoms with E-state index >= 15 is 0 Å². The fourth-order valence-corrected chi connectivity index (χ4v) is 6.20. The van der Waals surface area contributed by atoms with Crippen LogP contribution in [0.25, 0.3) is 16.0 Å². The van der Waals surface area contributed by atoms with E-state index in [9.17, 15) is 9.59 Å². The lowest BCUT2D eigenvalue weighted by atomic mass is 9.98. The smallest absolute Gasteiger partial charge is 0.415 e. The van der Waals surface area contributed by atoms with E-state index in [0.717, 1.165) is 40.9 Å². The quantitative estimate of drug-likeness (QED) is 0.754. The number of rotatable bonds is 4. The summed E-state index contributed by atoms with van der Waals surface area (Å²) < 4.78 is 5.48. The lowest BCUT2D eigenvalue weighted by Crippen LogP contribution is -2.40. The molecule has 6 rings (SSSR count). The number of hydrogen-bond donors (Lipinski definition) is 1. The first-order valence-corrected chi connectivity index (χ1v) is 11.3. The van der Waals surface area contributed by atoms with E-state index in [2.05, 4.69) is 22.3 Å². The van der Waals surface area contributed by atoms with Crippen LogP contribution < -0.4 is 10.2 Å². The van der Waals surface area contributed by atoms with Gasteiger partial charge in [0.2, 0.25) is 5.91 Å². The third-order valence-corrected chi connectivity index (χ3v) is 7.76. The van der Waals surface area contributed by atoms with Crippen molar-refractivity contribution in [2.24, 2.45) is 11.8 Å². The Kier molecular flexibility index (Phi) is 4.10. The van der Waals surface area contributed by atoms with Crippen LogP contribution in [0.15, 0.2) is 36.5 Å². The molecule has 3 fully saturated rings. The average Bonchev–Trinajstić information content (AvgIpc) is 3.20. The number of benzene rings is 1. The normalized spacial score (nSPS) is 31.4. The average molecular weight is 428 g/mol. The first-order chi connectivity index (χ1) is 15.5. The van der Waals surface area contributed by atoms with E-state index in [-0.39, 0.29) is 29.7 Å². The van der Waals surface area contributed by atoms with Gasteiger partial charge in [-0.05, 0) is 48.6 Å². The van der Waals surface area contributed by atoms with Crippen molar-refractivity contribution in [3.63, 3.8) is 0 Å². The van der Waals surface area contributed by atoms with Crippen LogP contribution in [0.1, 0.15) is 37.4 Å². The van der Waals surface area contributed by atoms with Gasteiger partial charge in [-0.1, -0.05) is 18.6 Å². The van der Waals surface area contributed by atoms with E-state index in [1.54, 1.807) is 4.90 Å². The number of amides is 2. The zero-order valence-electron chi connectivity index (χ0n) is 17.9. The minimum absolute atomic E-state index is 0.104. The van der Waals surface area contributed by atoms with Crippen LogP contribution in [0.5, 0.6) is 0 Å². The molecule has 0 radical (unpaired) electrons. The molecule has 1 N–H and O–H groups in total. The van der Waals surface area contributed by atoms with Crippen LogP contribution in [0, 0.1) is 18.4 Å². The van der Waals surface area contributed by atoms with Gasteiger partial charge in [-0.15, -0.1) is 0 Å². The Morgan fingerprint density at radius 3 is 2.75 bits per heavy atom. The molecule has 2 aliphatic heterocycles. The van der Waals surface area contributed by atoms with Gasteiger partial charge < -0.3 is 14.9 Å². The van der Waals surface area contributed by atoms with Gasteiger partial charge in [-0.2, -0.15) is 0 Å². The number of anilines is 1. The highest BCUT2D eigenvalue weighted by Crippen LogP contribution is 2.68. The van der Waals surface area contributed by atoms with Crippen molar-refractivity contribution in [3.8, 4) is 11.1 Å². The van der Waals surface area contributed by atoms with E-state index in [1.807, 2.05) is 24.4 Å². The monoisotopic (exact) mass is 428 g/mol. The maximum absolute atomic E-state index is 12.4. The lowest BCUT2D eigenvalue weighted by Gasteiger charge is -2.16. The summed E-state index contributed by atoms with van der Waals surface area (Å²) in [5, 5.41) is 2.75. The molecular formula is C25H24N4O3. The van der Waals surface area contributed by atoms with Crippen LogP contribution in [0.4, 0.5) is 10.5 Å². The largest absolute Gasteiger partial charge is 0.442 e.